The maximum atomic E-state index is 14.6. The summed E-state index contributed by atoms with van der Waals surface area (Å²) < 4.78 is 18.9. The molecule has 2 aromatic heterocycles. The first-order valence-corrected chi connectivity index (χ1v) is 21.4. The van der Waals surface area contributed by atoms with Crippen LogP contribution in [-0.2, 0) is 39.8 Å². The number of halogens is 1. The van der Waals surface area contributed by atoms with E-state index in [0.29, 0.717) is 64.8 Å². The fraction of sp³-hybridized carbons (Fsp3) is 0.400. The number of hydrogen-bond acceptors (Lipinski definition) is 13. The van der Waals surface area contributed by atoms with E-state index in [0.717, 1.165) is 4.57 Å². The zero-order valence-electron chi connectivity index (χ0n) is 37.2. The minimum Gasteiger partial charge on any atom is -0.455 e. The molecule has 3 aromatic carbocycles. The molecule has 65 heavy (non-hydrogen) atoms. The Balaban J connectivity index is 1.19. The van der Waals surface area contributed by atoms with Gasteiger partial charge in [-0.3, -0.25) is 24.1 Å². The molecule has 20 heteroatoms. The molecular formula is C45H51ClN10O9. The Bertz CT molecular complexity index is 2620. The van der Waals surface area contributed by atoms with Crippen LogP contribution in [0.3, 0.4) is 0 Å². The highest BCUT2D eigenvalue weighted by atomic mass is 35.5. The van der Waals surface area contributed by atoms with E-state index in [2.05, 4.69) is 20.8 Å². The van der Waals surface area contributed by atoms with Crippen LogP contribution in [0.15, 0.2) is 73.1 Å². The number of aromatic nitrogens is 5. The predicted molar refractivity (Wildman–Crippen MR) is 240 cm³/mol. The summed E-state index contributed by atoms with van der Waals surface area (Å²) in [7, 11) is 1.62. The van der Waals surface area contributed by atoms with E-state index in [4.69, 9.17) is 25.8 Å². The van der Waals surface area contributed by atoms with Gasteiger partial charge in [0.2, 0.25) is 11.8 Å². The van der Waals surface area contributed by atoms with Gasteiger partial charge >= 0.3 is 23.9 Å². The standard InChI is InChI=1S/C45H51ClN10O9/c1-44(2,3)64-42(61)37-24-29-23-31(11-15-33(29)56(37)43(62)65-45(4,5)6)48-39(58)36(22-28-8-12-32(13-9-28)52-17-16-51(20-21-63-7)26-38(52)57)54-19-18-53(40(59)41(54)60)35-25-30(46)10-14-34(35)55-27-47-49-50-55/h8-15,23-25,27,36H,16-22,26H2,1-7H3,(H,48,58). The summed E-state index contributed by atoms with van der Waals surface area (Å²) in [5.41, 5.74) is 0.827. The molecule has 2 aliphatic rings. The van der Waals surface area contributed by atoms with E-state index in [-0.39, 0.29) is 43.3 Å². The molecule has 19 nitrogen and oxygen atoms in total. The summed E-state index contributed by atoms with van der Waals surface area (Å²) in [6, 6.07) is 16.9. The number of fused-ring (bicyclic) bond motifs is 1. The van der Waals surface area contributed by atoms with Gasteiger partial charge < -0.3 is 34.2 Å². The van der Waals surface area contributed by atoms with Crippen molar-refractivity contribution in [3.8, 4) is 5.69 Å². The van der Waals surface area contributed by atoms with Crippen molar-refractivity contribution in [2.45, 2.75) is 65.2 Å². The number of rotatable bonds is 12. The number of esters is 1. The van der Waals surface area contributed by atoms with Gasteiger partial charge in [0.15, 0.2) is 0 Å². The van der Waals surface area contributed by atoms with Gasteiger partial charge in [0, 0.05) is 68.0 Å². The Morgan fingerprint density at radius 1 is 0.815 bits per heavy atom. The third kappa shape index (κ3) is 10.6. The molecule has 0 saturated carbocycles. The molecule has 1 atom stereocenters. The van der Waals surface area contributed by atoms with Crippen molar-refractivity contribution in [3.05, 3.63) is 89.3 Å². The molecule has 5 aromatic rings. The van der Waals surface area contributed by atoms with E-state index in [1.54, 1.807) is 108 Å². The first-order chi connectivity index (χ1) is 30.8. The van der Waals surface area contributed by atoms with Crippen LogP contribution in [0.25, 0.3) is 16.6 Å². The fourth-order valence-corrected chi connectivity index (χ4v) is 7.81. The first kappa shape index (κ1) is 46.3. The van der Waals surface area contributed by atoms with Gasteiger partial charge in [0.05, 0.1) is 30.0 Å². The van der Waals surface area contributed by atoms with E-state index in [1.165, 1.54) is 32.9 Å². The second kappa shape index (κ2) is 18.8. The van der Waals surface area contributed by atoms with Crippen molar-refractivity contribution >= 4 is 75.3 Å². The lowest BCUT2D eigenvalue weighted by atomic mass is 10.0. The molecular weight excluding hydrogens is 860 g/mol. The van der Waals surface area contributed by atoms with Crippen LogP contribution >= 0.6 is 11.6 Å². The average Bonchev–Trinajstić information content (AvgIpc) is 3.91. The molecule has 2 fully saturated rings. The van der Waals surface area contributed by atoms with Crippen LogP contribution < -0.4 is 15.1 Å². The number of carbonyl (C=O) groups is 6. The SMILES string of the molecule is COCCN1CCN(c2ccc(CC(C(=O)Nc3ccc4c(c3)cc(C(=O)OC(C)(C)C)n4C(=O)OC(C)(C)C)N3CCN(c4cc(Cl)ccc4-n4cnnn4)C(=O)C3=O)cc2)C(=O)C1. The minimum atomic E-state index is -1.21. The van der Waals surface area contributed by atoms with Gasteiger partial charge in [0.1, 0.15) is 29.3 Å². The molecule has 1 N–H and O–H groups in total. The van der Waals surface area contributed by atoms with Gasteiger partial charge in [-0.25, -0.2) is 14.2 Å². The highest BCUT2D eigenvalue weighted by Crippen LogP contribution is 2.31. The van der Waals surface area contributed by atoms with Crippen LogP contribution in [0.4, 0.5) is 21.9 Å². The first-order valence-electron chi connectivity index (χ1n) is 21.0. The number of nitrogens with zero attached hydrogens (tertiary/aromatic N) is 9. The summed E-state index contributed by atoms with van der Waals surface area (Å²) in [6.07, 6.45) is 0.550. The summed E-state index contributed by atoms with van der Waals surface area (Å²) in [5.74, 6) is -3.25. The Hall–Kier alpha value is -6.70. The predicted octanol–water partition coefficient (Wildman–Crippen LogP) is 4.73. The average molecular weight is 911 g/mol. The summed E-state index contributed by atoms with van der Waals surface area (Å²) >= 11 is 6.37. The molecule has 0 aliphatic carbocycles. The Kier molecular flexibility index (Phi) is 13.4. The van der Waals surface area contributed by atoms with Gasteiger partial charge in [-0.1, -0.05) is 23.7 Å². The van der Waals surface area contributed by atoms with E-state index in [9.17, 15) is 28.8 Å². The second-order valence-corrected chi connectivity index (χ2v) is 18.1. The second-order valence-electron chi connectivity index (χ2n) is 17.7. The number of hydrogen-bond donors (Lipinski definition) is 1. The zero-order chi connectivity index (χ0) is 46.8. The molecule has 0 radical (unpaired) electrons. The topological polar surface area (TPSA) is 204 Å². The largest absolute Gasteiger partial charge is 0.455 e. The monoisotopic (exact) mass is 910 g/mol. The smallest absolute Gasteiger partial charge is 0.419 e. The van der Waals surface area contributed by atoms with E-state index in [1.807, 2.05) is 4.90 Å². The Morgan fingerprint density at radius 2 is 1.54 bits per heavy atom. The lowest BCUT2D eigenvalue weighted by Gasteiger charge is -2.38. The summed E-state index contributed by atoms with van der Waals surface area (Å²) in [4.78, 5) is 89.2. The minimum absolute atomic E-state index is 0.00118. The van der Waals surface area contributed by atoms with Gasteiger partial charge in [-0.05, 0) is 112 Å². The van der Waals surface area contributed by atoms with E-state index < -0.39 is 47.0 Å². The summed E-state index contributed by atoms with van der Waals surface area (Å²) in [5, 5.41) is 15.0. The van der Waals surface area contributed by atoms with Crippen LogP contribution in [-0.4, -0.2) is 140 Å². The number of anilines is 3. The maximum Gasteiger partial charge on any atom is 0.419 e. The van der Waals surface area contributed by atoms with Crippen molar-refractivity contribution in [1.82, 2.24) is 34.6 Å². The molecule has 4 amide bonds. The number of nitrogens with one attached hydrogen (secondary N) is 1. The van der Waals surface area contributed by atoms with Crippen LogP contribution in [0.1, 0.15) is 57.6 Å². The number of ether oxygens (including phenoxy) is 3. The quantitative estimate of drug-likeness (QED) is 0.133. The van der Waals surface area contributed by atoms with Crippen LogP contribution in [0, 0.1) is 0 Å². The molecule has 342 valence electrons. The highest BCUT2D eigenvalue weighted by molar-refractivity contribution is 6.41. The molecule has 2 aliphatic heterocycles. The number of benzene rings is 3. The van der Waals surface area contributed by atoms with Gasteiger partial charge in [-0.15, -0.1) is 5.10 Å². The molecule has 4 heterocycles. The number of piperazine rings is 2. The lowest BCUT2D eigenvalue weighted by Crippen LogP contribution is -2.60. The Labute approximate surface area is 380 Å². The van der Waals surface area contributed by atoms with Gasteiger partial charge in [0.25, 0.3) is 0 Å². The molecule has 2 saturated heterocycles. The van der Waals surface area contributed by atoms with Crippen molar-refractivity contribution in [2.75, 3.05) is 68.1 Å². The number of amides is 4. The van der Waals surface area contributed by atoms with Crippen molar-refractivity contribution < 1.29 is 43.0 Å². The highest BCUT2D eigenvalue weighted by Gasteiger charge is 2.41. The van der Waals surface area contributed by atoms with Gasteiger partial charge in [-0.2, -0.15) is 4.68 Å². The normalized spacial score (nSPS) is 15.7. The maximum absolute atomic E-state index is 14.6. The lowest BCUT2D eigenvalue weighted by molar-refractivity contribution is -0.149. The van der Waals surface area contributed by atoms with Crippen LogP contribution in [0.2, 0.25) is 5.02 Å². The molecule has 1 unspecified atom stereocenters. The van der Waals surface area contributed by atoms with Crippen molar-refractivity contribution in [3.63, 3.8) is 0 Å². The van der Waals surface area contributed by atoms with Crippen molar-refractivity contribution in [1.29, 1.82) is 0 Å². The summed E-state index contributed by atoms with van der Waals surface area (Å²) in [6.45, 7) is 12.8. The molecule has 0 bridgehead atoms. The zero-order valence-corrected chi connectivity index (χ0v) is 38.0. The molecule has 0 spiro atoms. The number of carbonyl (C=O) groups excluding carboxylic acids is 6. The third-order valence-corrected chi connectivity index (χ3v) is 10.8. The van der Waals surface area contributed by atoms with Crippen LogP contribution in [0.5, 0.6) is 0 Å². The van der Waals surface area contributed by atoms with Crippen molar-refractivity contribution in [2.24, 2.45) is 0 Å². The third-order valence-electron chi connectivity index (χ3n) is 10.6. The number of methoxy groups -OCH3 is 1. The molecule has 7 rings (SSSR count). The Morgan fingerprint density at radius 3 is 2.20 bits per heavy atom. The van der Waals surface area contributed by atoms with E-state index >= 15 is 0 Å². The fourth-order valence-electron chi connectivity index (χ4n) is 7.64. The number of tetrazole rings is 1.